The molecule has 0 saturated carbocycles. The highest BCUT2D eigenvalue weighted by atomic mass is 79.9. The van der Waals surface area contributed by atoms with E-state index in [1.807, 2.05) is 0 Å². The molecular formula is C10H6BrF3O2. The third kappa shape index (κ3) is 4.13. The topological polar surface area (TPSA) is 29.5 Å². The zero-order valence-corrected chi connectivity index (χ0v) is 9.39. The maximum Gasteiger partial charge on any atom is 0.573 e. The fourth-order valence-corrected chi connectivity index (χ4v) is 1.28. The van der Waals surface area contributed by atoms with Crippen LogP contribution >= 0.6 is 15.9 Å². The van der Waals surface area contributed by atoms with Crippen LogP contribution in [0, 0.1) is 11.8 Å². The Bertz CT molecular complexity index is 432. The minimum absolute atomic E-state index is 0.0644. The minimum Gasteiger partial charge on any atom is -0.404 e. The van der Waals surface area contributed by atoms with Crippen molar-refractivity contribution >= 4 is 15.9 Å². The van der Waals surface area contributed by atoms with E-state index in [4.69, 9.17) is 5.11 Å². The zero-order valence-electron chi connectivity index (χ0n) is 7.81. The van der Waals surface area contributed by atoms with Gasteiger partial charge in [0.05, 0.1) is 5.56 Å². The first-order valence-corrected chi connectivity index (χ1v) is 4.86. The van der Waals surface area contributed by atoms with E-state index in [0.717, 1.165) is 6.07 Å². The van der Waals surface area contributed by atoms with Crippen molar-refractivity contribution in [3.8, 4) is 17.6 Å². The van der Waals surface area contributed by atoms with Crippen molar-refractivity contribution in [3.63, 3.8) is 0 Å². The first-order chi connectivity index (χ1) is 7.42. The first-order valence-electron chi connectivity index (χ1n) is 4.07. The van der Waals surface area contributed by atoms with E-state index in [-0.39, 0.29) is 5.56 Å². The fourth-order valence-electron chi connectivity index (χ4n) is 0.943. The van der Waals surface area contributed by atoms with Crippen molar-refractivity contribution in [2.75, 3.05) is 6.61 Å². The zero-order chi connectivity index (χ0) is 12.2. The van der Waals surface area contributed by atoms with Crippen LogP contribution in [0.25, 0.3) is 0 Å². The summed E-state index contributed by atoms with van der Waals surface area (Å²) in [5.74, 6) is 4.22. The number of alkyl halides is 3. The highest BCUT2D eigenvalue weighted by molar-refractivity contribution is 9.10. The van der Waals surface area contributed by atoms with Gasteiger partial charge >= 0.3 is 6.36 Å². The van der Waals surface area contributed by atoms with Gasteiger partial charge in [0, 0.05) is 4.47 Å². The van der Waals surface area contributed by atoms with Crippen LogP contribution in [0.4, 0.5) is 13.2 Å². The molecule has 0 aliphatic heterocycles. The molecule has 0 atom stereocenters. The molecule has 86 valence electrons. The number of hydrogen-bond donors (Lipinski definition) is 1. The standard InChI is InChI=1S/C10H6BrF3O2/c11-8-4-3-7(2-1-5-15)9(6-8)16-10(12,13)14/h3-4,6,15H,5H2. The average Bonchev–Trinajstić information content (AvgIpc) is 2.14. The molecule has 0 bridgehead atoms. The molecule has 0 aliphatic rings. The Morgan fingerprint density at radius 3 is 2.62 bits per heavy atom. The van der Waals surface area contributed by atoms with Crippen molar-refractivity contribution in [3.05, 3.63) is 28.2 Å². The lowest BCUT2D eigenvalue weighted by atomic mass is 10.2. The molecule has 0 spiro atoms. The lowest BCUT2D eigenvalue weighted by Gasteiger charge is -2.10. The van der Waals surface area contributed by atoms with Gasteiger partial charge in [-0.15, -0.1) is 13.2 Å². The number of aliphatic hydroxyl groups is 1. The molecule has 0 radical (unpaired) electrons. The Morgan fingerprint density at radius 1 is 1.38 bits per heavy atom. The third-order valence-electron chi connectivity index (χ3n) is 1.47. The molecule has 0 heterocycles. The van der Waals surface area contributed by atoms with Gasteiger partial charge in [0.15, 0.2) is 0 Å². The van der Waals surface area contributed by atoms with E-state index in [1.165, 1.54) is 12.1 Å². The van der Waals surface area contributed by atoms with Crippen LogP contribution in [0.5, 0.6) is 5.75 Å². The molecule has 0 amide bonds. The van der Waals surface area contributed by atoms with Gasteiger partial charge in [-0.05, 0) is 18.2 Å². The number of halogens is 4. The molecule has 1 aromatic rings. The number of aliphatic hydroxyl groups excluding tert-OH is 1. The second-order valence-corrected chi connectivity index (χ2v) is 3.56. The van der Waals surface area contributed by atoms with E-state index in [0.29, 0.717) is 4.47 Å². The Balaban J connectivity index is 3.08. The van der Waals surface area contributed by atoms with Gasteiger partial charge in [-0.25, -0.2) is 0 Å². The molecule has 16 heavy (non-hydrogen) atoms. The van der Waals surface area contributed by atoms with Crippen LogP contribution in [0.1, 0.15) is 5.56 Å². The van der Waals surface area contributed by atoms with Crippen LogP contribution in [-0.2, 0) is 0 Å². The van der Waals surface area contributed by atoms with Gasteiger partial charge in [-0.1, -0.05) is 27.8 Å². The van der Waals surface area contributed by atoms with Crippen molar-refractivity contribution in [2.45, 2.75) is 6.36 Å². The number of benzene rings is 1. The summed E-state index contributed by atoms with van der Waals surface area (Å²) in [7, 11) is 0. The third-order valence-corrected chi connectivity index (χ3v) is 1.96. The monoisotopic (exact) mass is 294 g/mol. The molecule has 1 rings (SSSR count). The second kappa shape index (κ2) is 5.23. The van der Waals surface area contributed by atoms with E-state index in [1.54, 1.807) is 0 Å². The second-order valence-electron chi connectivity index (χ2n) is 2.65. The SMILES string of the molecule is OCC#Cc1ccc(Br)cc1OC(F)(F)F. The highest BCUT2D eigenvalue weighted by Gasteiger charge is 2.32. The van der Waals surface area contributed by atoms with Gasteiger partial charge < -0.3 is 9.84 Å². The molecular weight excluding hydrogens is 289 g/mol. The summed E-state index contributed by atoms with van der Waals surface area (Å²) in [5.41, 5.74) is 0.0644. The van der Waals surface area contributed by atoms with E-state index < -0.39 is 18.7 Å². The number of hydrogen-bond acceptors (Lipinski definition) is 2. The lowest BCUT2D eigenvalue weighted by molar-refractivity contribution is -0.274. The summed E-state index contributed by atoms with van der Waals surface area (Å²) in [6.07, 6.45) is -4.77. The van der Waals surface area contributed by atoms with Crippen molar-refractivity contribution in [1.82, 2.24) is 0 Å². The largest absolute Gasteiger partial charge is 0.573 e. The number of ether oxygens (including phenoxy) is 1. The van der Waals surface area contributed by atoms with E-state index in [9.17, 15) is 13.2 Å². The Labute approximate surface area is 98.2 Å². The predicted molar refractivity (Wildman–Crippen MR) is 54.8 cm³/mol. The molecule has 6 heteroatoms. The first kappa shape index (κ1) is 12.9. The molecule has 0 unspecified atom stereocenters. The summed E-state index contributed by atoms with van der Waals surface area (Å²) in [6, 6.07) is 4.06. The van der Waals surface area contributed by atoms with E-state index >= 15 is 0 Å². The quantitative estimate of drug-likeness (QED) is 0.807. The number of rotatable bonds is 1. The van der Waals surface area contributed by atoms with Gasteiger partial charge in [0.25, 0.3) is 0 Å². The van der Waals surface area contributed by atoms with Gasteiger partial charge in [-0.2, -0.15) is 0 Å². The maximum atomic E-state index is 12.0. The van der Waals surface area contributed by atoms with Crippen LogP contribution < -0.4 is 4.74 Å². The van der Waals surface area contributed by atoms with Crippen molar-refractivity contribution in [2.24, 2.45) is 0 Å². The summed E-state index contributed by atoms with van der Waals surface area (Å²) >= 11 is 3.03. The average molecular weight is 295 g/mol. The van der Waals surface area contributed by atoms with Gasteiger partial charge in [0.1, 0.15) is 12.4 Å². The maximum absolute atomic E-state index is 12.0. The molecule has 1 aromatic carbocycles. The summed E-state index contributed by atoms with van der Waals surface area (Å²) in [4.78, 5) is 0. The van der Waals surface area contributed by atoms with E-state index in [2.05, 4.69) is 32.5 Å². The van der Waals surface area contributed by atoms with Gasteiger partial charge in [0.2, 0.25) is 0 Å². The molecule has 0 saturated heterocycles. The molecule has 0 fully saturated rings. The van der Waals surface area contributed by atoms with Crippen molar-refractivity contribution < 1.29 is 23.0 Å². The summed E-state index contributed by atoms with van der Waals surface area (Å²) in [5, 5.41) is 8.46. The Hall–Kier alpha value is -1.19. The molecule has 2 nitrogen and oxygen atoms in total. The summed E-state index contributed by atoms with van der Waals surface area (Å²) in [6.45, 7) is -0.429. The van der Waals surface area contributed by atoms with Crippen LogP contribution in [0.2, 0.25) is 0 Å². The van der Waals surface area contributed by atoms with Crippen LogP contribution in [-0.4, -0.2) is 18.1 Å². The fraction of sp³-hybridized carbons (Fsp3) is 0.200. The lowest BCUT2D eigenvalue weighted by Crippen LogP contribution is -2.17. The predicted octanol–water partition coefficient (Wildman–Crippen LogP) is 2.69. The smallest absolute Gasteiger partial charge is 0.404 e. The Kier molecular flexibility index (Phi) is 4.21. The molecule has 0 aromatic heterocycles. The van der Waals surface area contributed by atoms with Crippen LogP contribution in [0.15, 0.2) is 22.7 Å². The normalized spacial score (nSPS) is 10.6. The summed E-state index contributed by atoms with van der Waals surface area (Å²) < 4.78 is 40.4. The molecule has 0 aliphatic carbocycles. The van der Waals surface area contributed by atoms with Crippen molar-refractivity contribution in [1.29, 1.82) is 0 Å². The van der Waals surface area contributed by atoms with Crippen LogP contribution in [0.3, 0.4) is 0 Å². The van der Waals surface area contributed by atoms with Gasteiger partial charge in [-0.3, -0.25) is 0 Å². The minimum atomic E-state index is -4.77. The Morgan fingerprint density at radius 2 is 2.06 bits per heavy atom. The molecule has 1 N–H and O–H groups in total. The highest BCUT2D eigenvalue weighted by Crippen LogP contribution is 2.28.